The summed E-state index contributed by atoms with van der Waals surface area (Å²) in [6, 6.07) is 6.37. The van der Waals surface area contributed by atoms with Crippen molar-refractivity contribution in [3.8, 4) is 0 Å². The zero-order valence-corrected chi connectivity index (χ0v) is 11.5. The van der Waals surface area contributed by atoms with Crippen molar-refractivity contribution in [1.29, 1.82) is 0 Å². The number of hydrogen-bond donors (Lipinski definition) is 2. The van der Waals surface area contributed by atoms with Gasteiger partial charge in [0.25, 0.3) is 0 Å². The number of amides is 1. The van der Waals surface area contributed by atoms with Gasteiger partial charge < -0.3 is 5.32 Å². The van der Waals surface area contributed by atoms with Crippen LogP contribution in [0.4, 0.5) is 0 Å². The third kappa shape index (κ3) is 3.72. The first-order valence-corrected chi connectivity index (χ1v) is 6.98. The van der Waals surface area contributed by atoms with Crippen LogP contribution in [0.5, 0.6) is 0 Å². The molecule has 0 aliphatic heterocycles. The molecule has 0 unspecified atom stereocenters. The van der Waals surface area contributed by atoms with Crippen molar-refractivity contribution in [2.45, 2.75) is 4.90 Å². The van der Waals surface area contributed by atoms with Crippen molar-refractivity contribution in [1.82, 2.24) is 10.0 Å². The van der Waals surface area contributed by atoms with Crippen molar-refractivity contribution < 1.29 is 13.2 Å². The molecule has 0 aromatic heterocycles. The standard InChI is InChI=1S/C9H11IN2O3S/c1-11-9(13)6-12-16(14,15)8-4-2-7(10)3-5-8/h2-5,12H,6H2,1H3,(H,11,13). The Morgan fingerprint density at radius 1 is 1.31 bits per heavy atom. The summed E-state index contributed by atoms with van der Waals surface area (Å²) in [4.78, 5) is 11.1. The Hall–Kier alpha value is -0.670. The predicted molar refractivity (Wildman–Crippen MR) is 68.4 cm³/mol. The van der Waals surface area contributed by atoms with Gasteiger partial charge in [-0.3, -0.25) is 4.79 Å². The Bertz CT molecular complexity index is 470. The van der Waals surface area contributed by atoms with Crippen LogP contribution in [-0.2, 0) is 14.8 Å². The first-order chi connectivity index (χ1) is 7.45. The van der Waals surface area contributed by atoms with Crippen molar-refractivity contribution >= 4 is 38.5 Å². The number of rotatable bonds is 4. The number of hydrogen-bond acceptors (Lipinski definition) is 3. The second kappa shape index (κ2) is 5.60. The quantitative estimate of drug-likeness (QED) is 0.765. The van der Waals surface area contributed by atoms with Crippen LogP contribution in [0.3, 0.4) is 0 Å². The third-order valence-electron chi connectivity index (χ3n) is 1.83. The summed E-state index contributed by atoms with van der Waals surface area (Å²) >= 11 is 2.08. The van der Waals surface area contributed by atoms with E-state index in [1.807, 2.05) is 0 Å². The molecule has 1 aromatic rings. The normalized spacial score (nSPS) is 11.1. The number of carbonyl (C=O) groups is 1. The van der Waals surface area contributed by atoms with E-state index in [0.717, 1.165) is 3.57 Å². The van der Waals surface area contributed by atoms with E-state index in [0.29, 0.717) is 0 Å². The first-order valence-electron chi connectivity index (χ1n) is 4.41. The van der Waals surface area contributed by atoms with Gasteiger partial charge in [-0.05, 0) is 46.9 Å². The van der Waals surface area contributed by atoms with Gasteiger partial charge >= 0.3 is 0 Å². The van der Waals surface area contributed by atoms with Crippen molar-refractivity contribution in [3.05, 3.63) is 27.8 Å². The topological polar surface area (TPSA) is 75.3 Å². The molecule has 5 nitrogen and oxygen atoms in total. The van der Waals surface area contributed by atoms with E-state index in [2.05, 4.69) is 32.6 Å². The summed E-state index contributed by atoms with van der Waals surface area (Å²) in [6.07, 6.45) is 0. The Labute approximate surface area is 108 Å². The summed E-state index contributed by atoms with van der Waals surface area (Å²) in [6.45, 7) is -0.259. The second-order valence-electron chi connectivity index (χ2n) is 2.95. The SMILES string of the molecule is CNC(=O)CNS(=O)(=O)c1ccc(I)cc1. The van der Waals surface area contributed by atoms with Crippen LogP contribution in [0.2, 0.25) is 0 Å². The molecule has 0 aliphatic rings. The van der Waals surface area contributed by atoms with E-state index in [4.69, 9.17) is 0 Å². The van der Waals surface area contributed by atoms with Crippen LogP contribution in [0, 0.1) is 3.57 Å². The van der Waals surface area contributed by atoms with E-state index < -0.39 is 10.0 Å². The number of nitrogens with one attached hydrogen (secondary N) is 2. The summed E-state index contributed by atoms with van der Waals surface area (Å²) in [5, 5.41) is 2.33. The van der Waals surface area contributed by atoms with E-state index in [9.17, 15) is 13.2 Å². The molecule has 0 heterocycles. The molecule has 1 aromatic carbocycles. The molecular weight excluding hydrogens is 343 g/mol. The highest BCUT2D eigenvalue weighted by Gasteiger charge is 2.14. The van der Waals surface area contributed by atoms with Crippen LogP contribution in [-0.4, -0.2) is 27.9 Å². The number of likely N-dealkylation sites (N-methyl/N-ethyl adjacent to an activating group) is 1. The maximum Gasteiger partial charge on any atom is 0.241 e. The Balaban J connectivity index is 2.78. The van der Waals surface area contributed by atoms with Crippen LogP contribution in [0.1, 0.15) is 0 Å². The molecule has 0 saturated carbocycles. The molecule has 88 valence electrons. The predicted octanol–water partition coefficient (Wildman–Crippen LogP) is 0.315. The highest BCUT2D eigenvalue weighted by Crippen LogP contribution is 2.11. The molecular formula is C9H11IN2O3S. The van der Waals surface area contributed by atoms with Gasteiger partial charge in [0, 0.05) is 10.6 Å². The zero-order valence-electron chi connectivity index (χ0n) is 8.53. The van der Waals surface area contributed by atoms with Crippen LogP contribution in [0.25, 0.3) is 0 Å². The average Bonchev–Trinajstić information content (AvgIpc) is 2.26. The Morgan fingerprint density at radius 3 is 2.38 bits per heavy atom. The Morgan fingerprint density at radius 2 is 1.88 bits per heavy atom. The van der Waals surface area contributed by atoms with Gasteiger partial charge in [0.1, 0.15) is 0 Å². The fourth-order valence-corrected chi connectivity index (χ4v) is 2.29. The van der Waals surface area contributed by atoms with Gasteiger partial charge in [0.2, 0.25) is 15.9 Å². The number of halogens is 1. The number of benzene rings is 1. The van der Waals surface area contributed by atoms with Gasteiger partial charge in [-0.2, -0.15) is 0 Å². The summed E-state index contributed by atoms with van der Waals surface area (Å²) in [5.41, 5.74) is 0. The third-order valence-corrected chi connectivity index (χ3v) is 3.96. The first kappa shape index (κ1) is 13.4. The fourth-order valence-electron chi connectivity index (χ4n) is 0.946. The maximum absolute atomic E-state index is 11.7. The van der Waals surface area contributed by atoms with E-state index in [-0.39, 0.29) is 17.3 Å². The minimum absolute atomic E-state index is 0.150. The molecule has 0 spiro atoms. The van der Waals surface area contributed by atoms with Crippen molar-refractivity contribution in [2.24, 2.45) is 0 Å². The van der Waals surface area contributed by atoms with Crippen LogP contribution < -0.4 is 10.0 Å². The lowest BCUT2D eigenvalue weighted by Crippen LogP contribution is -2.35. The molecule has 0 radical (unpaired) electrons. The molecule has 2 N–H and O–H groups in total. The Kier molecular flexibility index (Phi) is 4.69. The second-order valence-corrected chi connectivity index (χ2v) is 5.96. The molecule has 0 aliphatic carbocycles. The lowest BCUT2D eigenvalue weighted by atomic mass is 10.4. The lowest BCUT2D eigenvalue weighted by molar-refractivity contribution is -0.119. The van der Waals surface area contributed by atoms with Crippen molar-refractivity contribution in [2.75, 3.05) is 13.6 Å². The van der Waals surface area contributed by atoms with E-state index in [1.165, 1.54) is 19.2 Å². The summed E-state index contributed by atoms with van der Waals surface area (Å²) in [5.74, 6) is -0.380. The number of sulfonamides is 1. The molecule has 1 rings (SSSR count). The van der Waals surface area contributed by atoms with Crippen LogP contribution >= 0.6 is 22.6 Å². The van der Waals surface area contributed by atoms with Crippen molar-refractivity contribution in [3.63, 3.8) is 0 Å². The van der Waals surface area contributed by atoms with Gasteiger partial charge in [0.15, 0.2) is 0 Å². The van der Waals surface area contributed by atoms with Crippen LogP contribution in [0.15, 0.2) is 29.2 Å². The lowest BCUT2D eigenvalue weighted by Gasteiger charge is -2.05. The molecule has 7 heteroatoms. The van der Waals surface area contributed by atoms with Gasteiger partial charge in [0.05, 0.1) is 11.4 Å². The molecule has 1 amide bonds. The smallest absolute Gasteiger partial charge is 0.241 e. The van der Waals surface area contributed by atoms with E-state index in [1.54, 1.807) is 12.1 Å². The summed E-state index contributed by atoms with van der Waals surface area (Å²) < 4.78 is 26.5. The largest absolute Gasteiger partial charge is 0.358 e. The molecule has 0 fully saturated rings. The molecule has 16 heavy (non-hydrogen) atoms. The molecule has 0 atom stereocenters. The van der Waals surface area contributed by atoms with Gasteiger partial charge in [-0.25, -0.2) is 13.1 Å². The minimum atomic E-state index is -3.60. The monoisotopic (exact) mass is 354 g/mol. The van der Waals surface area contributed by atoms with Gasteiger partial charge in [-0.15, -0.1) is 0 Å². The molecule has 0 saturated heterocycles. The summed E-state index contributed by atoms with van der Waals surface area (Å²) in [7, 11) is -2.15. The maximum atomic E-state index is 11.7. The fraction of sp³-hybridized carbons (Fsp3) is 0.222. The zero-order chi connectivity index (χ0) is 12.2. The van der Waals surface area contributed by atoms with E-state index >= 15 is 0 Å². The minimum Gasteiger partial charge on any atom is -0.358 e. The molecule has 0 bridgehead atoms. The highest BCUT2D eigenvalue weighted by molar-refractivity contribution is 14.1. The number of carbonyl (C=O) groups excluding carboxylic acids is 1. The van der Waals surface area contributed by atoms with Gasteiger partial charge in [-0.1, -0.05) is 0 Å². The highest BCUT2D eigenvalue weighted by atomic mass is 127. The average molecular weight is 354 g/mol.